The van der Waals surface area contributed by atoms with Gasteiger partial charge in [-0.05, 0) is 41.5 Å². The van der Waals surface area contributed by atoms with E-state index in [2.05, 4.69) is 5.32 Å². The average molecular weight is 732 g/mol. The van der Waals surface area contributed by atoms with Crippen LogP contribution < -0.4 is 58.2 Å². The maximum absolute atomic E-state index is 12.9. The molecule has 6 rings (SSSR count). The van der Waals surface area contributed by atoms with Crippen LogP contribution in [0.15, 0.2) is 72.8 Å². The molecule has 4 aromatic rings. The van der Waals surface area contributed by atoms with Gasteiger partial charge < -0.3 is 10.1 Å². The van der Waals surface area contributed by atoms with Crippen LogP contribution in [-0.2, 0) is 4.74 Å². The normalized spacial score (nSPS) is 12.2. The van der Waals surface area contributed by atoms with Crippen molar-refractivity contribution < 1.29 is 86.5 Å². The van der Waals surface area contributed by atoms with Gasteiger partial charge in [0.2, 0.25) is 0 Å². The molecule has 0 radical (unpaired) electrons. The first-order valence-electron chi connectivity index (χ1n) is 15.9. The molecule has 0 aliphatic carbocycles. The van der Waals surface area contributed by atoms with Crippen LogP contribution in [-0.4, -0.2) is 73.6 Å². The molecule has 0 saturated carbocycles. The van der Waals surface area contributed by atoms with Crippen LogP contribution in [0.5, 0.6) is 0 Å². The van der Waals surface area contributed by atoms with E-state index >= 15 is 0 Å². The Balaban J connectivity index is 0.00000206. The molecule has 10 heteroatoms. The number of imide groups is 2. The van der Waals surface area contributed by atoms with Crippen LogP contribution >= 0.6 is 0 Å². The number of hydrogen-bond donors (Lipinski definition) is 0. The van der Waals surface area contributed by atoms with E-state index in [-0.39, 0.29) is 103 Å². The predicted molar refractivity (Wildman–Crippen MR) is 190 cm³/mol. The smallest absolute Gasteiger partial charge is 0.661 e. The summed E-state index contributed by atoms with van der Waals surface area (Å²) in [5.74, 6) is -1.33. The van der Waals surface area contributed by atoms with Crippen molar-refractivity contribution in [1.29, 1.82) is 0 Å². The van der Waals surface area contributed by atoms with E-state index in [1.165, 1.54) is 4.90 Å². The summed E-state index contributed by atoms with van der Waals surface area (Å²) in [5, 5.41) is 7.57. The third-order valence-corrected chi connectivity index (χ3v) is 7.02. The monoisotopic (exact) mass is 731 g/mol. The van der Waals surface area contributed by atoms with Gasteiger partial charge in [0.05, 0.1) is 7.18 Å². The zero-order chi connectivity index (χ0) is 34.2. The average Bonchev–Trinajstić information content (AvgIpc) is 3.13. The van der Waals surface area contributed by atoms with Crippen molar-refractivity contribution in [2.24, 2.45) is 0 Å². The van der Waals surface area contributed by atoms with Gasteiger partial charge in [-0.3, -0.25) is 33.4 Å². The number of alkyl halides is 1. The van der Waals surface area contributed by atoms with E-state index in [1.807, 2.05) is 77.9 Å². The number of ether oxygens (including phenoxy) is 1. The molecular formula is C38H49FN3O5Rb. The molecule has 2 heterocycles. The summed E-state index contributed by atoms with van der Waals surface area (Å²) in [6, 6.07) is 21.8. The predicted octanol–water partition coefficient (Wildman–Crippen LogP) is 5.93. The summed E-state index contributed by atoms with van der Waals surface area (Å²) < 4.78 is 15.1. The number of amides is 4. The zero-order valence-corrected chi connectivity index (χ0v) is 33.8. The van der Waals surface area contributed by atoms with Crippen molar-refractivity contribution in [1.82, 2.24) is 9.80 Å². The van der Waals surface area contributed by atoms with Gasteiger partial charge in [0.1, 0.15) is 6.73 Å². The third kappa shape index (κ3) is 9.95. The van der Waals surface area contributed by atoms with Crippen molar-refractivity contribution in [3.05, 3.63) is 100 Å². The fourth-order valence-electron chi connectivity index (χ4n) is 5.20. The summed E-state index contributed by atoms with van der Waals surface area (Å²) in [4.78, 5) is 54.1. The van der Waals surface area contributed by atoms with E-state index in [0.29, 0.717) is 66.3 Å². The summed E-state index contributed by atoms with van der Waals surface area (Å²) >= 11 is 0. The zero-order valence-electron chi connectivity index (χ0n) is 28.9. The molecule has 8 nitrogen and oxygen atoms in total. The first-order valence-corrected chi connectivity index (χ1v) is 15.9. The van der Waals surface area contributed by atoms with E-state index in [1.54, 1.807) is 36.4 Å². The van der Waals surface area contributed by atoms with Crippen molar-refractivity contribution in [2.75, 3.05) is 40.1 Å². The second-order valence-corrected chi connectivity index (χ2v) is 9.28. The Kier molecular flexibility index (Phi) is 22.3. The van der Waals surface area contributed by atoms with Crippen molar-refractivity contribution in [3.8, 4) is 0 Å². The molecule has 0 saturated heterocycles. The fourth-order valence-corrected chi connectivity index (χ4v) is 5.20. The molecule has 0 spiro atoms. The first kappa shape index (κ1) is 45.3. The molecule has 0 atom stereocenters. The van der Waals surface area contributed by atoms with Gasteiger partial charge in [0.15, 0.2) is 0 Å². The summed E-state index contributed by atoms with van der Waals surface area (Å²) in [6.07, 6.45) is 0.576. The van der Waals surface area contributed by atoms with Crippen LogP contribution in [0.4, 0.5) is 4.39 Å². The standard InChI is InChI=1S/C30H24N3O5.3C2H6.CH3F.CH4.Rb/c34-27-21-10-1-6-19-7-2-11-22(25(19)21)28(35)32(27)16-15-31-14-5-17-38-18-33-29(36)23-12-3-8-20-9-4-13-24(26(20)23)30(33)37;4*1-2;;/h1-4,6-13H,5,14-18H2;3*1-2H3;1H3;1H4;/q-1;;;;;;+1. The van der Waals surface area contributed by atoms with Gasteiger partial charge in [-0.1, -0.05) is 97.5 Å². The number of carbonyl (C=O) groups excluding carboxylic acids is 4. The van der Waals surface area contributed by atoms with Crippen LogP contribution in [0.1, 0.15) is 96.8 Å². The number of nitrogens with zero attached hydrogens (tertiary/aromatic N) is 3. The fraction of sp³-hybridized carbons (Fsp3) is 0.368. The second-order valence-electron chi connectivity index (χ2n) is 9.28. The summed E-state index contributed by atoms with van der Waals surface area (Å²) in [5.41, 5.74) is 2.06. The Labute approximate surface area is 334 Å². The van der Waals surface area contributed by atoms with Crippen LogP contribution in [0.3, 0.4) is 0 Å². The summed E-state index contributed by atoms with van der Waals surface area (Å²) in [6.45, 7) is 13.2. The summed E-state index contributed by atoms with van der Waals surface area (Å²) in [7, 11) is 0.500. The number of halogens is 1. The number of hydrogen-bond acceptors (Lipinski definition) is 5. The largest absolute Gasteiger partial charge is 1.00 e. The molecule has 4 amide bonds. The van der Waals surface area contributed by atoms with Gasteiger partial charge in [-0.2, -0.15) is 0 Å². The van der Waals surface area contributed by atoms with Gasteiger partial charge in [0, 0.05) is 46.2 Å². The molecular weight excluding hydrogens is 683 g/mol. The third-order valence-electron chi connectivity index (χ3n) is 7.02. The Morgan fingerprint density at radius 3 is 1.31 bits per heavy atom. The van der Waals surface area contributed by atoms with Gasteiger partial charge in [-0.25, -0.2) is 0 Å². The van der Waals surface area contributed by atoms with Crippen molar-refractivity contribution in [3.63, 3.8) is 0 Å². The molecule has 0 unspecified atom stereocenters. The molecule has 48 heavy (non-hydrogen) atoms. The van der Waals surface area contributed by atoms with Crippen LogP contribution in [0.25, 0.3) is 26.9 Å². The Bertz CT molecular complexity index is 1420. The van der Waals surface area contributed by atoms with Gasteiger partial charge in [-0.15, -0.1) is 13.1 Å². The molecule has 2 aliphatic heterocycles. The number of benzene rings is 4. The minimum atomic E-state index is -0.364. The van der Waals surface area contributed by atoms with Gasteiger partial charge >= 0.3 is 58.2 Å². The molecule has 0 N–H and O–H groups in total. The molecule has 2 aliphatic rings. The number of rotatable bonds is 9. The molecule has 4 aromatic carbocycles. The Morgan fingerprint density at radius 1 is 0.583 bits per heavy atom. The first-order chi connectivity index (χ1) is 22.6. The van der Waals surface area contributed by atoms with Crippen molar-refractivity contribution >= 4 is 45.2 Å². The molecule has 0 aromatic heterocycles. The molecule has 0 fully saturated rings. The number of carbonyl (C=O) groups is 4. The Morgan fingerprint density at radius 2 is 0.938 bits per heavy atom. The van der Waals surface area contributed by atoms with E-state index < -0.39 is 0 Å². The van der Waals surface area contributed by atoms with E-state index in [9.17, 15) is 23.6 Å². The minimum absolute atomic E-state index is 0. The maximum Gasteiger partial charge on any atom is 1.00 e. The van der Waals surface area contributed by atoms with Gasteiger partial charge in [0.25, 0.3) is 23.6 Å². The SMILES string of the molecule is C.CC.CC.CC.CF.O=C1c2cccc3cccc(c23)C(=O)N1CC[N-]CCCOCN1C(=O)c2cccc3cccc(c23)C1=O.[Rb+]. The molecule has 254 valence electrons. The Hall–Kier alpha value is -2.66. The molecule has 0 bridgehead atoms. The van der Waals surface area contributed by atoms with E-state index in [4.69, 9.17) is 4.74 Å². The second kappa shape index (κ2) is 23.6. The maximum atomic E-state index is 12.9. The topological polar surface area (TPSA) is 98.1 Å². The van der Waals surface area contributed by atoms with Crippen LogP contribution in [0, 0.1) is 0 Å². The van der Waals surface area contributed by atoms with E-state index in [0.717, 1.165) is 15.7 Å². The minimum Gasteiger partial charge on any atom is -0.661 e. The quantitative estimate of drug-likeness (QED) is 0.157. The van der Waals surface area contributed by atoms with Crippen LogP contribution in [0.2, 0.25) is 0 Å². The van der Waals surface area contributed by atoms with Crippen molar-refractivity contribution in [2.45, 2.75) is 55.4 Å².